The highest BCUT2D eigenvalue weighted by molar-refractivity contribution is 5.88. The van der Waals surface area contributed by atoms with Gasteiger partial charge in [0.25, 0.3) is 0 Å². The Morgan fingerprint density at radius 3 is 2.43 bits per heavy atom. The summed E-state index contributed by atoms with van der Waals surface area (Å²) in [4.78, 5) is 30.4. The molecule has 30 heavy (non-hydrogen) atoms. The molecule has 4 rings (SSSR count). The molecule has 0 radical (unpaired) electrons. The van der Waals surface area contributed by atoms with Crippen LogP contribution >= 0.6 is 0 Å². The Balaban J connectivity index is 1.43. The summed E-state index contributed by atoms with van der Waals surface area (Å²) >= 11 is 0. The van der Waals surface area contributed by atoms with Gasteiger partial charge in [0.1, 0.15) is 6.54 Å². The zero-order valence-corrected chi connectivity index (χ0v) is 18.3. The van der Waals surface area contributed by atoms with Gasteiger partial charge in [0.2, 0.25) is 11.8 Å². The summed E-state index contributed by atoms with van der Waals surface area (Å²) < 4.78 is 2.05. The van der Waals surface area contributed by atoms with Crippen LogP contribution in [0.1, 0.15) is 50.3 Å². The third kappa shape index (κ3) is 4.77. The lowest BCUT2D eigenvalue weighted by Gasteiger charge is -2.29. The normalized spacial score (nSPS) is 20.3. The van der Waals surface area contributed by atoms with Gasteiger partial charge < -0.3 is 14.4 Å². The first-order valence-corrected chi connectivity index (χ1v) is 11.2. The van der Waals surface area contributed by atoms with E-state index in [-0.39, 0.29) is 30.3 Å². The van der Waals surface area contributed by atoms with Gasteiger partial charge >= 0.3 is 0 Å². The number of rotatable bonds is 9. The molecular weight excluding hydrogens is 374 g/mol. The molecule has 2 fully saturated rings. The number of amides is 2. The first-order chi connectivity index (χ1) is 14.4. The molecule has 2 unspecified atom stereocenters. The van der Waals surface area contributed by atoms with E-state index in [1.807, 2.05) is 47.3 Å². The molecule has 2 atom stereocenters. The summed E-state index contributed by atoms with van der Waals surface area (Å²) in [6.45, 7) is 5.75. The number of hydrogen-bond donors (Lipinski definition) is 0. The summed E-state index contributed by atoms with van der Waals surface area (Å²) in [5, 5.41) is 0. The van der Waals surface area contributed by atoms with Crippen molar-refractivity contribution >= 4 is 11.8 Å². The summed E-state index contributed by atoms with van der Waals surface area (Å²) in [5.41, 5.74) is 2.35. The van der Waals surface area contributed by atoms with Gasteiger partial charge in [-0.25, -0.2) is 0 Å². The number of aromatic nitrogens is 1. The number of nitrogens with zero attached hydrogens (tertiary/aromatic N) is 3. The van der Waals surface area contributed by atoms with Crippen molar-refractivity contribution < 1.29 is 9.59 Å². The molecule has 5 nitrogen and oxygen atoms in total. The van der Waals surface area contributed by atoms with E-state index < -0.39 is 0 Å². The fraction of sp³-hybridized carbons (Fsp3) is 0.520. The molecule has 160 valence electrons. The minimum Gasteiger partial charge on any atom is -0.353 e. The first kappa shape index (κ1) is 20.7. The predicted octanol–water partition coefficient (Wildman–Crippen LogP) is 3.80. The summed E-state index contributed by atoms with van der Waals surface area (Å²) in [6, 6.07) is 14.6. The van der Waals surface area contributed by atoms with Crippen molar-refractivity contribution in [3.05, 3.63) is 59.9 Å². The van der Waals surface area contributed by atoms with Crippen molar-refractivity contribution in [2.75, 3.05) is 13.1 Å². The third-order valence-electron chi connectivity index (χ3n) is 6.25. The fourth-order valence-electron chi connectivity index (χ4n) is 4.32. The zero-order valence-electron chi connectivity index (χ0n) is 18.3. The van der Waals surface area contributed by atoms with Crippen LogP contribution < -0.4 is 0 Å². The summed E-state index contributed by atoms with van der Waals surface area (Å²) in [6.07, 6.45) is 4.94. The van der Waals surface area contributed by atoms with Crippen LogP contribution in [0.25, 0.3) is 0 Å². The highest BCUT2D eigenvalue weighted by Crippen LogP contribution is 2.49. The van der Waals surface area contributed by atoms with Gasteiger partial charge in [0.05, 0.1) is 6.54 Å². The van der Waals surface area contributed by atoms with E-state index in [0.29, 0.717) is 24.9 Å². The van der Waals surface area contributed by atoms with Gasteiger partial charge in [-0.05, 0) is 48.8 Å². The molecule has 0 saturated heterocycles. The number of benzene rings is 1. The molecule has 0 spiro atoms. The van der Waals surface area contributed by atoms with Gasteiger partial charge in [0, 0.05) is 37.4 Å². The van der Waals surface area contributed by atoms with Crippen molar-refractivity contribution in [2.45, 2.75) is 51.6 Å². The van der Waals surface area contributed by atoms with E-state index in [1.54, 1.807) is 0 Å². The van der Waals surface area contributed by atoms with Crippen LogP contribution in [0.2, 0.25) is 0 Å². The molecule has 1 aromatic carbocycles. The maximum Gasteiger partial charge on any atom is 0.242 e. The van der Waals surface area contributed by atoms with E-state index >= 15 is 0 Å². The minimum atomic E-state index is 0.0345. The number of aryl methyl sites for hydroxylation is 1. The van der Waals surface area contributed by atoms with E-state index in [2.05, 4.69) is 36.6 Å². The number of carbonyl (C=O) groups is 2. The zero-order chi connectivity index (χ0) is 21.3. The largest absolute Gasteiger partial charge is 0.353 e. The molecule has 5 heteroatoms. The molecule has 0 aliphatic heterocycles. The number of hydrogen-bond acceptors (Lipinski definition) is 2. The van der Waals surface area contributed by atoms with Gasteiger partial charge in [-0.15, -0.1) is 0 Å². The Hall–Kier alpha value is -2.56. The van der Waals surface area contributed by atoms with Crippen molar-refractivity contribution in [3.8, 4) is 0 Å². The topological polar surface area (TPSA) is 45.6 Å². The quantitative estimate of drug-likeness (QED) is 0.635. The molecule has 2 amide bonds. The molecule has 2 aromatic rings. The highest BCUT2D eigenvalue weighted by Gasteiger charge is 2.48. The summed E-state index contributed by atoms with van der Waals surface area (Å²) in [5.74, 6) is 0.952. The van der Waals surface area contributed by atoms with Crippen molar-refractivity contribution in [2.24, 2.45) is 18.9 Å². The lowest BCUT2D eigenvalue weighted by molar-refractivity contribution is -0.142. The average molecular weight is 408 g/mol. The Labute approximate surface area is 179 Å². The highest BCUT2D eigenvalue weighted by atomic mass is 16.2. The molecule has 0 bridgehead atoms. The van der Waals surface area contributed by atoms with Crippen LogP contribution in [0.4, 0.5) is 0 Å². The van der Waals surface area contributed by atoms with E-state index in [1.165, 1.54) is 5.56 Å². The molecular formula is C25H33N3O2. The Bertz CT molecular complexity index is 885. The third-order valence-corrected chi connectivity index (χ3v) is 6.25. The standard InChI is InChI=1S/C25H33N3O2/c1-18(2)15-27(16-21-10-7-13-26(21)3)24(29)17-28(20-11-12-20)25(30)23-14-22(23)19-8-5-4-6-9-19/h4-10,13,18,20,22-23H,11-12,14-17H2,1-3H3. The average Bonchev–Trinajstić information content (AvgIpc) is 3.64. The molecule has 1 aromatic heterocycles. The second kappa shape index (κ2) is 8.66. The minimum absolute atomic E-state index is 0.0345. The molecule has 1 heterocycles. The van der Waals surface area contributed by atoms with Crippen molar-refractivity contribution in [1.82, 2.24) is 14.4 Å². The Morgan fingerprint density at radius 2 is 1.83 bits per heavy atom. The number of carbonyl (C=O) groups excluding carboxylic acids is 2. The predicted molar refractivity (Wildman–Crippen MR) is 118 cm³/mol. The second-order valence-electron chi connectivity index (χ2n) is 9.34. The molecule has 0 N–H and O–H groups in total. The smallest absolute Gasteiger partial charge is 0.242 e. The monoisotopic (exact) mass is 407 g/mol. The maximum absolute atomic E-state index is 13.3. The van der Waals surface area contributed by atoms with Crippen LogP contribution in [-0.2, 0) is 23.2 Å². The van der Waals surface area contributed by atoms with E-state index in [4.69, 9.17) is 0 Å². The van der Waals surface area contributed by atoms with E-state index in [9.17, 15) is 9.59 Å². The van der Waals surface area contributed by atoms with Gasteiger partial charge in [-0.1, -0.05) is 44.2 Å². The lowest BCUT2D eigenvalue weighted by Crippen LogP contribution is -2.45. The fourth-order valence-corrected chi connectivity index (χ4v) is 4.32. The lowest BCUT2D eigenvalue weighted by atomic mass is 10.1. The first-order valence-electron chi connectivity index (χ1n) is 11.2. The van der Waals surface area contributed by atoms with Crippen LogP contribution in [0.3, 0.4) is 0 Å². The van der Waals surface area contributed by atoms with Crippen LogP contribution in [0.15, 0.2) is 48.7 Å². The van der Waals surface area contributed by atoms with Crippen molar-refractivity contribution in [3.63, 3.8) is 0 Å². The maximum atomic E-state index is 13.3. The van der Waals surface area contributed by atoms with Crippen molar-refractivity contribution in [1.29, 1.82) is 0 Å². The van der Waals surface area contributed by atoms with Crippen LogP contribution in [-0.4, -0.2) is 45.3 Å². The second-order valence-corrected chi connectivity index (χ2v) is 9.34. The Morgan fingerprint density at radius 1 is 1.10 bits per heavy atom. The van der Waals surface area contributed by atoms with Gasteiger partial charge in [-0.3, -0.25) is 9.59 Å². The van der Waals surface area contributed by atoms with E-state index in [0.717, 1.165) is 25.0 Å². The summed E-state index contributed by atoms with van der Waals surface area (Å²) in [7, 11) is 2.00. The Kier molecular flexibility index (Phi) is 5.98. The SMILES string of the molecule is CC(C)CN(Cc1cccn1C)C(=O)CN(C(=O)C1CC1c1ccccc1)C1CC1. The van der Waals surface area contributed by atoms with Crippen LogP contribution in [0, 0.1) is 11.8 Å². The van der Waals surface area contributed by atoms with Crippen LogP contribution in [0.5, 0.6) is 0 Å². The molecule has 2 aliphatic rings. The van der Waals surface area contributed by atoms with Gasteiger partial charge in [-0.2, -0.15) is 0 Å². The molecule has 2 aliphatic carbocycles. The van der Waals surface area contributed by atoms with Gasteiger partial charge in [0.15, 0.2) is 0 Å². The molecule has 2 saturated carbocycles.